The highest BCUT2D eigenvalue weighted by molar-refractivity contribution is 6.29. The van der Waals surface area contributed by atoms with Crippen molar-refractivity contribution in [3.63, 3.8) is 0 Å². The number of rotatable bonds is 5. The van der Waals surface area contributed by atoms with Crippen molar-refractivity contribution in [3.05, 3.63) is 29.0 Å². The van der Waals surface area contributed by atoms with Crippen LogP contribution in [-0.4, -0.2) is 35.4 Å². The van der Waals surface area contributed by atoms with Crippen molar-refractivity contribution in [1.29, 1.82) is 0 Å². The van der Waals surface area contributed by atoms with Crippen molar-refractivity contribution in [2.45, 2.75) is 25.4 Å². The van der Waals surface area contributed by atoms with E-state index in [4.69, 9.17) is 11.6 Å². The third-order valence-electron chi connectivity index (χ3n) is 2.60. The minimum Gasteiger partial charge on any atom is -0.352 e. The van der Waals surface area contributed by atoms with E-state index in [0.29, 0.717) is 24.3 Å². The predicted octanol–water partition coefficient (Wildman–Crippen LogP) is 1.45. The van der Waals surface area contributed by atoms with E-state index < -0.39 is 0 Å². The predicted molar refractivity (Wildman–Crippen MR) is 66.7 cm³/mol. The standard InChI is InChI=1S/C12H16ClN3O/c1-16(8-12(17)15-10-3-4-10)7-9-2-5-11(13)14-6-9/h2,5-6,10H,3-4,7-8H2,1H3,(H,15,17). The van der Waals surface area contributed by atoms with E-state index in [2.05, 4.69) is 10.3 Å². The normalized spacial score (nSPS) is 15.0. The molecule has 1 aliphatic rings. The number of nitrogens with one attached hydrogen (secondary N) is 1. The van der Waals surface area contributed by atoms with E-state index in [0.717, 1.165) is 18.4 Å². The van der Waals surface area contributed by atoms with Gasteiger partial charge in [-0.15, -0.1) is 0 Å². The molecule has 1 fully saturated rings. The lowest BCUT2D eigenvalue weighted by Crippen LogP contribution is -2.35. The molecule has 0 atom stereocenters. The molecule has 2 rings (SSSR count). The molecule has 17 heavy (non-hydrogen) atoms. The van der Waals surface area contributed by atoms with Crippen LogP contribution in [0.4, 0.5) is 0 Å². The van der Waals surface area contributed by atoms with Gasteiger partial charge in [0.05, 0.1) is 6.54 Å². The molecule has 0 saturated heterocycles. The summed E-state index contributed by atoms with van der Waals surface area (Å²) in [5, 5.41) is 3.45. The van der Waals surface area contributed by atoms with E-state index in [1.54, 1.807) is 12.3 Å². The second-order valence-corrected chi connectivity index (χ2v) is 4.89. The Balaban J connectivity index is 1.77. The Kier molecular flexibility index (Phi) is 3.97. The van der Waals surface area contributed by atoms with Crippen LogP contribution in [0.3, 0.4) is 0 Å². The number of hydrogen-bond donors (Lipinski definition) is 1. The number of aromatic nitrogens is 1. The number of carbonyl (C=O) groups is 1. The van der Waals surface area contributed by atoms with Crippen LogP contribution in [0.1, 0.15) is 18.4 Å². The fraction of sp³-hybridized carbons (Fsp3) is 0.500. The summed E-state index contributed by atoms with van der Waals surface area (Å²) in [5.41, 5.74) is 1.05. The van der Waals surface area contributed by atoms with Crippen LogP contribution >= 0.6 is 11.6 Å². The number of carbonyl (C=O) groups excluding carboxylic acids is 1. The van der Waals surface area contributed by atoms with Crippen molar-refractivity contribution in [2.24, 2.45) is 0 Å². The summed E-state index contributed by atoms with van der Waals surface area (Å²) in [7, 11) is 1.92. The zero-order valence-corrected chi connectivity index (χ0v) is 10.6. The van der Waals surface area contributed by atoms with Crippen LogP contribution in [0.25, 0.3) is 0 Å². The summed E-state index contributed by atoms with van der Waals surface area (Å²) in [4.78, 5) is 17.5. The molecule has 1 N–H and O–H groups in total. The van der Waals surface area contributed by atoms with Gasteiger partial charge in [0.25, 0.3) is 0 Å². The van der Waals surface area contributed by atoms with Gasteiger partial charge in [-0.1, -0.05) is 17.7 Å². The van der Waals surface area contributed by atoms with Gasteiger partial charge in [-0.2, -0.15) is 0 Å². The summed E-state index contributed by atoms with van der Waals surface area (Å²) in [6.07, 6.45) is 3.98. The van der Waals surface area contributed by atoms with Crippen LogP contribution in [0.2, 0.25) is 5.15 Å². The molecule has 0 aliphatic heterocycles. The number of halogens is 1. The summed E-state index contributed by atoms with van der Waals surface area (Å²) in [6.45, 7) is 1.11. The first-order valence-corrected chi connectivity index (χ1v) is 6.09. The largest absolute Gasteiger partial charge is 0.352 e. The highest BCUT2D eigenvalue weighted by Crippen LogP contribution is 2.18. The minimum atomic E-state index is 0.0944. The van der Waals surface area contributed by atoms with Gasteiger partial charge in [0.15, 0.2) is 0 Å². The van der Waals surface area contributed by atoms with Gasteiger partial charge in [-0.05, 0) is 31.5 Å². The lowest BCUT2D eigenvalue weighted by atomic mass is 10.2. The van der Waals surface area contributed by atoms with Gasteiger partial charge < -0.3 is 5.32 Å². The molecule has 0 bridgehead atoms. The average molecular weight is 254 g/mol. The molecule has 5 heteroatoms. The first-order chi connectivity index (χ1) is 8.13. The van der Waals surface area contributed by atoms with Crippen LogP contribution in [0.15, 0.2) is 18.3 Å². The quantitative estimate of drug-likeness (QED) is 0.808. The molecular weight excluding hydrogens is 238 g/mol. The smallest absolute Gasteiger partial charge is 0.234 e. The Labute approximate surface area is 106 Å². The van der Waals surface area contributed by atoms with Crippen molar-refractivity contribution < 1.29 is 4.79 Å². The van der Waals surface area contributed by atoms with Crippen molar-refractivity contribution in [3.8, 4) is 0 Å². The number of hydrogen-bond acceptors (Lipinski definition) is 3. The molecule has 1 amide bonds. The number of likely N-dealkylation sites (N-methyl/N-ethyl adjacent to an activating group) is 1. The van der Waals surface area contributed by atoms with Crippen LogP contribution in [-0.2, 0) is 11.3 Å². The monoisotopic (exact) mass is 253 g/mol. The van der Waals surface area contributed by atoms with Gasteiger partial charge in [0.1, 0.15) is 5.15 Å². The van der Waals surface area contributed by atoms with E-state index in [1.165, 1.54) is 0 Å². The molecule has 92 valence electrons. The fourth-order valence-electron chi connectivity index (χ4n) is 1.61. The third-order valence-corrected chi connectivity index (χ3v) is 2.82. The zero-order valence-electron chi connectivity index (χ0n) is 9.82. The average Bonchev–Trinajstić information content (AvgIpc) is 3.05. The molecule has 0 aromatic carbocycles. The highest BCUT2D eigenvalue weighted by atomic mass is 35.5. The lowest BCUT2D eigenvalue weighted by Gasteiger charge is -2.15. The molecule has 1 saturated carbocycles. The lowest BCUT2D eigenvalue weighted by molar-refractivity contribution is -0.122. The van der Waals surface area contributed by atoms with E-state index in [-0.39, 0.29) is 5.91 Å². The summed E-state index contributed by atoms with van der Waals surface area (Å²) >= 11 is 5.71. The Morgan fingerprint density at radius 1 is 1.59 bits per heavy atom. The summed E-state index contributed by atoms with van der Waals surface area (Å²) in [6, 6.07) is 4.10. The van der Waals surface area contributed by atoms with Gasteiger partial charge in [-0.25, -0.2) is 4.98 Å². The molecule has 1 aromatic rings. The second kappa shape index (κ2) is 5.47. The Morgan fingerprint density at radius 2 is 2.35 bits per heavy atom. The molecule has 1 aromatic heterocycles. The molecular formula is C12H16ClN3O. The number of amides is 1. The molecule has 4 nitrogen and oxygen atoms in total. The number of pyridine rings is 1. The molecule has 0 spiro atoms. The maximum Gasteiger partial charge on any atom is 0.234 e. The van der Waals surface area contributed by atoms with Crippen LogP contribution < -0.4 is 5.32 Å². The molecule has 0 radical (unpaired) electrons. The van der Waals surface area contributed by atoms with Crippen LogP contribution in [0.5, 0.6) is 0 Å². The second-order valence-electron chi connectivity index (χ2n) is 4.50. The third kappa shape index (κ3) is 4.32. The maximum absolute atomic E-state index is 11.6. The van der Waals surface area contributed by atoms with Crippen LogP contribution in [0, 0.1) is 0 Å². The highest BCUT2D eigenvalue weighted by Gasteiger charge is 2.23. The molecule has 0 unspecified atom stereocenters. The molecule has 1 heterocycles. The zero-order chi connectivity index (χ0) is 12.3. The Morgan fingerprint density at radius 3 is 2.94 bits per heavy atom. The topological polar surface area (TPSA) is 45.2 Å². The fourth-order valence-corrected chi connectivity index (χ4v) is 1.73. The minimum absolute atomic E-state index is 0.0944. The van der Waals surface area contributed by atoms with Crippen molar-refractivity contribution >= 4 is 17.5 Å². The SMILES string of the molecule is CN(CC(=O)NC1CC1)Cc1ccc(Cl)nc1. The van der Waals surface area contributed by atoms with Gasteiger partial charge in [-0.3, -0.25) is 9.69 Å². The summed E-state index contributed by atoms with van der Waals surface area (Å²) < 4.78 is 0. The van der Waals surface area contributed by atoms with E-state index in [9.17, 15) is 4.79 Å². The van der Waals surface area contributed by atoms with Gasteiger partial charge in [0, 0.05) is 18.8 Å². The Hall–Kier alpha value is -1.13. The first kappa shape index (κ1) is 12.3. The number of nitrogens with zero attached hydrogens (tertiary/aromatic N) is 2. The molecule has 1 aliphatic carbocycles. The van der Waals surface area contributed by atoms with Gasteiger partial charge >= 0.3 is 0 Å². The summed E-state index contributed by atoms with van der Waals surface area (Å²) in [5.74, 6) is 0.0944. The van der Waals surface area contributed by atoms with E-state index in [1.807, 2.05) is 18.0 Å². The first-order valence-electron chi connectivity index (χ1n) is 5.72. The Bertz CT molecular complexity index is 389. The van der Waals surface area contributed by atoms with Crippen molar-refractivity contribution in [1.82, 2.24) is 15.2 Å². The van der Waals surface area contributed by atoms with Gasteiger partial charge in [0.2, 0.25) is 5.91 Å². The van der Waals surface area contributed by atoms with Crippen molar-refractivity contribution in [2.75, 3.05) is 13.6 Å². The maximum atomic E-state index is 11.6. The van der Waals surface area contributed by atoms with E-state index >= 15 is 0 Å².